The molecule has 0 unspecified atom stereocenters. The maximum absolute atomic E-state index is 11.5. The number of carbonyl (C=O) groups excluding carboxylic acids is 1. The van der Waals surface area contributed by atoms with Gasteiger partial charge in [-0.2, -0.15) is 0 Å². The maximum atomic E-state index is 11.5. The molecule has 0 fully saturated rings. The van der Waals surface area contributed by atoms with E-state index in [1.807, 2.05) is 37.3 Å². The van der Waals surface area contributed by atoms with Crippen LogP contribution in [0, 0.1) is 0 Å². The molecule has 0 radical (unpaired) electrons. The Bertz CT molecular complexity index is 341. The quantitative estimate of drug-likeness (QED) is 0.690. The van der Waals surface area contributed by atoms with Gasteiger partial charge in [0.05, 0.1) is 12.6 Å². The van der Waals surface area contributed by atoms with E-state index < -0.39 is 0 Å². The summed E-state index contributed by atoms with van der Waals surface area (Å²) in [6.45, 7) is 3.21. The number of ether oxygens (including phenoxy) is 1. The summed E-state index contributed by atoms with van der Waals surface area (Å²) in [5.74, 6) is 0.781. The lowest BCUT2D eigenvalue weighted by atomic mass is 10.2. The fraction of sp³-hybridized carbons (Fsp3) is 0.500. The van der Waals surface area contributed by atoms with Crippen LogP contribution in [0.1, 0.15) is 26.2 Å². The molecule has 0 aliphatic carbocycles. The molecule has 1 aromatic rings. The number of rotatable bonds is 8. The Morgan fingerprint density at radius 2 is 2.11 bits per heavy atom. The number of nitrogens with one attached hydrogen (secondary N) is 1. The molecule has 3 N–H and O–H groups in total. The first-order valence-electron chi connectivity index (χ1n) is 6.45. The van der Waals surface area contributed by atoms with Gasteiger partial charge >= 0.3 is 0 Å². The van der Waals surface area contributed by atoms with Gasteiger partial charge in [0.1, 0.15) is 5.75 Å². The normalized spacial score (nSPS) is 11.9. The number of hydrogen-bond acceptors (Lipinski definition) is 3. The summed E-state index contributed by atoms with van der Waals surface area (Å²) < 4.78 is 5.51. The van der Waals surface area contributed by atoms with Gasteiger partial charge in [-0.05, 0) is 25.0 Å². The third-order valence-electron chi connectivity index (χ3n) is 2.57. The lowest BCUT2D eigenvalue weighted by molar-refractivity contribution is -0.122. The molecular formula is C14H22N2O2. The first-order chi connectivity index (χ1) is 8.74. The summed E-state index contributed by atoms with van der Waals surface area (Å²) >= 11 is 0. The van der Waals surface area contributed by atoms with Crippen molar-refractivity contribution in [2.75, 3.05) is 13.2 Å². The summed E-state index contributed by atoms with van der Waals surface area (Å²) in [5, 5.41) is 2.81. The summed E-state index contributed by atoms with van der Waals surface area (Å²) in [6, 6.07) is 9.25. The first-order valence-corrected chi connectivity index (χ1v) is 6.45. The Kier molecular flexibility index (Phi) is 6.87. The zero-order chi connectivity index (χ0) is 13.2. The fourth-order valence-corrected chi connectivity index (χ4v) is 1.56. The Hall–Kier alpha value is -1.55. The largest absolute Gasteiger partial charge is 0.494 e. The van der Waals surface area contributed by atoms with Gasteiger partial charge < -0.3 is 15.8 Å². The van der Waals surface area contributed by atoms with Crippen LogP contribution in [0.25, 0.3) is 0 Å². The molecule has 0 aliphatic heterocycles. The molecule has 0 aromatic heterocycles. The molecule has 4 heteroatoms. The number of amides is 1. The number of benzene rings is 1. The molecule has 0 heterocycles. The van der Waals surface area contributed by atoms with Crippen molar-refractivity contribution in [3.8, 4) is 5.75 Å². The highest BCUT2D eigenvalue weighted by molar-refractivity contribution is 5.81. The molecule has 1 amide bonds. The van der Waals surface area contributed by atoms with Crippen molar-refractivity contribution in [2.45, 2.75) is 32.2 Å². The van der Waals surface area contributed by atoms with Crippen molar-refractivity contribution in [1.82, 2.24) is 5.32 Å². The van der Waals surface area contributed by atoms with Crippen molar-refractivity contribution in [3.05, 3.63) is 30.3 Å². The number of hydrogen-bond donors (Lipinski definition) is 2. The first kappa shape index (κ1) is 14.5. The predicted octanol–water partition coefficient (Wildman–Crippen LogP) is 1.70. The minimum Gasteiger partial charge on any atom is -0.494 e. The summed E-state index contributed by atoms with van der Waals surface area (Å²) in [6.07, 6.45) is 2.43. The average Bonchev–Trinajstić information content (AvgIpc) is 2.39. The molecule has 4 nitrogen and oxygen atoms in total. The van der Waals surface area contributed by atoms with E-state index in [1.54, 1.807) is 0 Å². The van der Waals surface area contributed by atoms with E-state index in [2.05, 4.69) is 5.32 Å². The number of carbonyl (C=O) groups is 1. The van der Waals surface area contributed by atoms with Crippen molar-refractivity contribution in [2.24, 2.45) is 5.73 Å². The van der Waals surface area contributed by atoms with E-state index in [4.69, 9.17) is 10.5 Å². The van der Waals surface area contributed by atoms with Crippen LogP contribution in [0.15, 0.2) is 30.3 Å². The number of para-hydroxylation sites is 1. The average molecular weight is 250 g/mol. The second kappa shape index (κ2) is 8.53. The van der Waals surface area contributed by atoms with Crippen LogP contribution in [0.3, 0.4) is 0 Å². The second-order valence-electron chi connectivity index (χ2n) is 4.20. The van der Waals surface area contributed by atoms with Gasteiger partial charge in [0, 0.05) is 6.54 Å². The molecule has 0 bridgehead atoms. The van der Waals surface area contributed by atoms with Crippen molar-refractivity contribution in [3.63, 3.8) is 0 Å². The molecule has 0 saturated carbocycles. The van der Waals surface area contributed by atoms with Crippen molar-refractivity contribution < 1.29 is 9.53 Å². The zero-order valence-electron chi connectivity index (χ0n) is 10.9. The van der Waals surface area contributed by atoms with E-state index in [0.717, 1.165) is 25.0 Å². The fourth-order valence-electron chi connectivity index (χ4n) is 1.56. The highest BCUT2D eigenvalue weighted by Gasteiger charge is 2.10. The third kappa shape index (κ3) is 5.68. The van der Waals surface area contributed by atoms with Gasteiger partial charge in [-0.25, -0.2) is 0 Å². The van der Waals surface area contributed by atoms with Gasteiger partial charge in [0.15, 0.2) is 0 Å². The molecule has 18 heavy (non-hydrogen) atoms. The Morgan fingerprint density at radius 3 is 2.78 bits per heavy atom. The highest BCUT2D eigenvalue weighted by atomic mass is 16.5. The lowest BCUT2D eigenvalue weighted by Gasteiger charge is -2.11. The third-order valence-corrected chi connectivity index (χ3v) is 2.57. The van der Waals surface area contributed by atoms with Crippen LogP contribution in [0.5, 0.6) is 5.75 Å². The van der Waals surface area contributed by atoms with Crippen LogP contribution in [0.4, 0.5) is 0 Å². The smallest absolute Gasteiger partial charge is 0.236 e. The molecule has 100 valence electrons. The topological polar surface area (TPSA) is 64.4 Å². The molecular weight excluding hydrogens is 228 g/mol. The Morgan fingerprint density at radius 1 is 1.39 bits per heavy atom. The predicted molar refractivity (Wildman–Crippen MR) is 72.4 cm³/mol. The Balaban J connectivity index is 2.07. The van der Waals surface area contributed by atoms with Crippen molar-refractivity contribution in [1.29, 1.82) is 0 Å². The minimum absolute atomic E-state index is 0.0726. The van der Waals surface area contributed by atoms with Crippen LogP contribution >= 0.6 is 0 Å². The number of nitrogens with two attached hydrogens (primary N) is 1. The maximum Gasteiger partial charge on any atom is 0.236 e. The van der Waals surface area contributed by atoms with Crippen molar-refractivity contribution >= 4 is 5.91 Å². The van der Waals surface area contributed by atoms with Gasteiger partial charge in [-0.1, -0.05) is 31.5 Å². The van der Waals surface area contributed by atoms with Gasteiger partial charge in [-0.3, -0.25) is 4.79 Å². The highest BCUT2D eigenvalue weighted by Crippen LogP contribution is 2.07. The summed E-state index contributed by atoms with van der Waals surface area (Å²) in [5.41, 5.74) is 5.69. The van der Waals surface area contributed by atoms with Crippen LogP contribution in [-0.2, 0) is 4.79 Å². The molecule has 1 aromatic carbocycles. The molecule has 0 saturated heterocycles. The zero-order valence-corrected chi connectivity index (χ0v) is 10.9. The van der Waals surface area contributed by atoms with Crippen LogP contribution in [-0.4, -0.2) is 25.1 Å². The monoisotopic (exact) mass is 250 g/mol. The van der Waals surface area contributed by atoms with E-state index in [9.17, 15) is 4.79 Å². The minimum atomic E-state index is -0.384. The Labute approximate surface area is 109 Å². The molecule has 0 aliphatic rings. The van der Waals surface area contributed by atoms with E-state index in [0.29, 0.717) is 13.2 Å². The SMILES string of the molecule is CCC[C@@H](N)C(=O)NCCCOc1ccccc1. The van der Waals surface area contributed by atoms with E-state index in [1.165, 1.54) is 0 Å². The van der Waals surface area contributed by atoms with Crippen LogP contribution in [0.2, 0.25) is 0 Å². The van der Waals surface area contributed by atoms with Gasteiger partial charge in [-0.15, -0.1) is 0 Å². The molecule has 0 spiro atoms. The summed E-state index contributed by atoms with van der Waals surface area (Å²) in [4.78, 5) is 11.5. The van der Waals surface area contributed by atoms with E-state index in [-0.39, 0.29) is 11.9 Å². The summed E-state index contributed by atoms with van der Waals surface area (Å²) in [7, 11) is 0. The molecule has 1 atom stereocenters. The lowest BCUT2D eigenvalue weighted by Crippen LogP contribution is -2.41. The van der Waals surface area contributed by atoms with Gasteiger partial charge in [0.25, 0.3) is 0 Å². The van der Waals surface area contributed by atoms with Gasteiger partial charge in [0.2, 0.25) is 5.91 Å². The molecule has 1 rings (SSSR count). The second-order valence-corrected chi connectivity index (χ2v) is 4.20. The van der Waals surface area contributed by atoms with Crippen LogP contribution < -0.4 is 15.8 Å². The van der Waals surface area contributed by atoms with E-state index >= 15 is 0 Å². The standard InChI is InChI=1S/C14H22N2O2/c1-2-7-13(15)14(17)16-10-6-11-18-12-8-4-3-5-9-12/h3-5,8-9,13H,2,6-7,10-11,15H2,1H3,(H,16,17)/t13-/m1/s1.